The van der Waals surface area contributed by atoms with Gasteiger partial charge < -0.3 is 15.4 Å². The van der Waals surface area contributed by atoms with E-state index >= 15 is 0 Å². The molecular weight excluding hydrogens is 461 g/mol. The second-order valence-electron chi connectivity index (χ2n) is 10.0. The molecule has 192 valence electrons. The van der Waals surface area contributed by atoms with Crippen LogP contribution < -0.4 is 15.5 Å². The molecule has 2 aliphatic rings. The molecule has 0 saturated carbocycles. The monoisotopic (exact) mass is 495 g/mol. The molecule has 0 bridgehead atoms. The molecule has 2 aromatic rings. The van der Waals surface area contributed by atoms with E-state index in [1.165, 1.54) is 16.5 Å². The Hall–Kier alpha value is -3.26. The summed E-state index contributed by atoms with van der Waals surface area (Å²) in [5, 5.41) is 5.99. The van der Waals surface area contributed by atoms with E-state index in [0.717, 1.165) is 19.4 Å². The zero-order valence-electron chi connectivity index (χ0n) is 20.9. The number of nitrogens with zero attached hydrogens (tertiary/aromatic N) is 1. The molecule has 0 radical (unpaired) electrons. The smallest absolute Gasteiger partial charge is 0.414 e. The fraction of sp³-hybridized carbons (Fsp3) is 0.464. The van der Waals surface area contributed by atoms with Crippen LogP contribution in [-0.4, -0.2) is 50.1 Å². The van der Waals surface area contributed by atoms with E-state index in [2.05, 4.69) is 24.5 Å². The molecule has 0 aromatic heterocycles. The highest BCUT2D eigenvalue weighted by Crippen LogP contribution is 2.35. The number of amides is 2. The number of ether oxygens (including phenoxy) is 1. The number of benzene rings is 2. The number of rotatable bonds is 10. The van der Waals surface area contributed by atoms with Gasteiger partial charge in [0.15, 0.2) is 5.78 Å². The summed E-state index contributed by atoms with van der Waals surface area (Å²) in [5.74, 6) is -0.152. The van der Waals surface area contributed by atoms with E-state index in [1.807, 2.05) is 24.3 Å². The highest BCUT2D eigenvalue weighted by molar-refractivity contribution is 5.98. The minimum absolute atomic E-state index is 0.00306. The average Bonchev–Trinajstić information content (AvgIpc) is 3.51. The molecule has 36 heavy (non-hydrogen) atoms. The minimum atomic E-state index is -0.553. The van der Waals surface area contributed by atoms with Crippen molar-refractivity contribution in [3.8, 4) is 0 Å². The first kappa shape index (κ1) is 25.8. The standard InChI is InChI=1S/C28H34FN3O4/c1-18(2)14-19-6-8-20(9-7-19)25(33)10-11-26(34)31-16-22-17-32(28(35)36-22)24-5-3-4-23(29)27(24)21-12-13-30-15-21/h3-9,18,21-22,30H,10-17H2,1-2H3,(H,31,34)/t21?,22-/m0/s1. The van der Waals surface area contributed by atoms with Gasteiger partial charge in [0.25, 0.3) is 0 Å². The summed E-state index contributed by atoms with van der Waals surface area (Å²) in [6.45, 7) is 6.12. The Bertz CT molecular complexity index is 1100. The Balaban J connectivity index is 1.27. The molecule has 2 aromatic carbocycles. The Morgan fingerprint density at radius 2 is 1.94 bits per heavy atom. The molecular formula is C28H34FN3O4. The van der Waals surface area contributed by atoms with Crippen LogP contribution in [0, 0.1) is 11.7 Å². The molecule has 2 saturated heterocycles. The number of hydrogen-bond donors (Lipinski definition) is 2. The Kier molecular flexibility index (Phi) is 8.36. The lowest BCUT2D eigenvalue weighted by atomic mass is 9.95. The van der Waals surface area contributed by atoms with Gasteiger partial charge in [0.2, 0.25) is 5.91 Å². The van der Waals surface area contributed by atoms with Gasteiger partial charge in [0.05, 0.1) is 18.8 Å². The zero-order valence-corrected chi connectivity index (χ0v) is 20.9. The number of nitrogens with one attached hydrogen (secondary N) is 2. The molecule has 2 fully saturated rings. The van der Waals surface area contributed by atoms with Crippen LogP contribution in [0.2, 0.25) is 0 Å². The van der Waals surface area contributed by atoms with E-state index in [-0.39, 0.29) is 49.4 Å². The summed E-state index contributed by atoms with van der Waals surface area (Å²) >= 11 is 0. The molecule has 2 heterocycles. The summed E-state index contributed by atoms with van der Waals surface area (Å²) in [7, 11) is 0. The first-order valence-corrected chi connectivity index (χ1v) is 12.7. The highest BCUT2D eigenvalue weighted by atomic mass is 19.1. The van der Waals surface area contributed by atoms with Gasteiger partial charge in [-0.15, -0.1) is 0 Å². The number of anilines is 1. The molecule has 2 atom stereocenters. The van der Waals surface area contributed by atoms with Crippen molar-refractivity contribution in [2.75, 3.05) is 31.1 Å². The molecule has 0 aliphatic carbocycles. The van der Waals surface area contributed by atoms with Crippen LogP contribution >= 0.6 is 0 Å². The minimum Gasteiger partial charge on any atom is -0.442 e. The van der Waals surface area contributed by atoms with Gasteiger partial charge in [0, 0.05) is 36.4 Å². The first-order chi connectivity index (χ1) is 17.3. The summed E-state index contributed by atoms with van der Waals surface area (Å²) in [6, 6.07) is 12.3. The van der Waals surface area contributed by atoms with Crippen LogP contribution in [0.3, 0.4) is 0 Å². The number of hydrogen-bond acceptors (Lipinski definition) is 5. The molecule has 1 unspecified atom stereocenters. The lowest BCUT2D eigenvalue weighted by Gasteiger charge is -2.21. The van der Waals surface area contributed by atoms with Crippen molar-refractivity contribution < 1.29 is 23.5 Å². The fourth-order valence-corrected chi connectivity index (χ4v) is 4.88. The van der Waals surface area contributed by atoms with E-state index in [1.54, 1.807) is 12.1 Å². The van der Waals surface area contributed by atoms with Gasteiger partial charge >= 0.3 is 6.09 Å². The predicted molar refractivity (Wildman–Crippen MR) is 136 cm³/mol. The SMILES string of the molecule is CC(C)Cc1ccc(C(=O)CCC(=O)NC[C@H]2CN(c3cccc(F)c3C3CCNC3)C(=O)O2)cc1. The van der Waals surface area contributed by atoms with Crippen molar-refractivity contribution in [3.05, 3.63) is 65.0 Å². The van der Waals surface area contributed by atoms with E-state index in [4.69, 9.17) is 4.74 Å². The third kappa shape index (κ3) is 6.29. The fourth-order valence-electron chi connectivity index (χ4n) is 4.88. The normalized spacial score (nSPS) is 19.6. The Morgan fingerprint density at radius 1 is 1.17 bits per heavy atom. The largest absolute Gasteiger partial charge is 0.442 e. The number of carbonyl (C=O) groups is 3. The summed E-state index contributed by atoms with van der Waals surface area (Å²) in [4.78, 5) is 38.8. The molecule has 4 rings (SSSR count). The molecule has 2 N–H and O–H groups in total. The molecule has 7 nitrogen and oxygen atoms in total. The second kappa shape index (κ2) is 11.6. The lowest BCUT2D eigenvalue weighted by molar-refractivity contribution is -0.121. The first-order valence-electron chi connectivity index (χ1n) is 12.7. The van der Waals surface area contributed by atoms with Crippen LogP contribution in [0.4, 0.5) is 14.9 Å². The molecule has 0 spiro atoms. The van der Waals surface area contributed by atoms with E-state index < -0.39 is 12.2 Å². The number of Topliss-reactive ketones (excluding diaryl/α,β-unsaturated/α-hetero) is 1. The van der Waals surface area contributed by atoms with Crippen molar-refractivity contribution in [2.45, 2.75) is 51.6 Å². The number of carbonyl (C=O) groups excluding carboxylic acids is 3. The van der Waals surface area contributed by atoms with Crippen LogP contribution in [0.25, 0.3) is 0 Å². The average molecular weight is 496 g/mol. The van der Waals surface area contributed by atoms with Gasteiger partial charge in [-0.05, 0) is 43.0 Å². The van der Waals surface area contributed by atoms with Gasteiger partial charge in [-0.2, -0.15) is 0 Å². The third-order valence-electron chi connectivity index (χ3n) is 6.69. The van der Waals surface area contributed by atoms with Gasteiger partial charge in [0.1, 0.15) is 11.9 Å². The van der Waals surface area contributed by atoms with Gasteiger partial charge in [-0.3, -0.25) is 14.5 Å². The van der Waals surface area contributed by atoms with Gasteiger partial charge in [-0.1, -0.05) is 44.2 Å². The van der Waals surface area contributed by atoms with Crippen LogP contribution in [0.1, 0.15) is 60.5 Å². The van der Waals surface area contributed by atoms with Gasteiger partial charge in [-0.25, -0.2) is 9.18 Å². The summed E-state index contributed by atoms with van der Waals surface area (Å²) in [6.07, 6.45) is 0.815. The Labute approximate surface area is 211 Å². The number of ketones is 1. The molecule has 8 heteroatoms. The van der Waals surface area contributed by atoms with Crippen molar-refractivity contribution in [1.29, 1.82) is 0 Å². The van der Waals surface area contributed by atoms with Crippen LogP contribution in [0.5, 0.6) is 0 Å². The number of cyclic esters (lactones) is 1. The van der Waals surface area contributed by atoms with Crippen molar-refractivity contribution >= 4 is 23.5 Å². The predicted octanol–water partition coefficient (Wildman–Crippen LogP) is 4.21. The third-order valence-corrected chi connectivity index (χ3v) is 6.69. The number of halogens is 1. The lowest BCUT2D eigenvalue weighted by Crippen LogP contribution is -2.35. The highest BCUT2D eigenvalue weighted by Gasteiger charge is 2.36. The second-order valence-corrected chi connectivity index (χ2v) is 10.0. The maximum Gasteiger partial charge on any atom is 0.414 e. The van der Waals surface area contributed by atoms with Crippen LogP contribution in [0.15, 0.2) is 42.5 Å². The maximum atomic E-state index is 14.7. The topological polar surface area (TPSA) is 87.7 Å². The summed E-state index contributed by atoms with van der Waals surface area (Å²) in [5.41, 5.74) is 2.83. The summed E-state index contributed by atoms with van der Waals surface area (Å²) < 4.78 is 20.1. The Morgan fingerprint density at radius 3 is 2.64 bits per heavy atom. The van der Waals surface area contributed by atoms with Crippen molar-refractivity contribution in [2.24, 2.45) is 5.92 Å². The quantitative estimate of drug-likeness (QED) is 0.483. The van der Waals surface area contributed by atoms with Crippen molar-refractivity contribution in [3.63, 3.8) is 0 Å². The maximum absolute atomic E-state index is 14.7. The van der Waals surface area contributed by atoms with Crippen LogP contribution in [-0.2, 0) is 16.0 Å². The van der Waals surface area contributed by atoms with E-state index in [9.17, 15) is 18.8 Å². The molecule has 2 amide bonds. The molecule has 2 aliphatic heterocycles. The van der Waals surface area contributed by atoms with E-state index in [0.29, 0.717) is 29.3 Å². The van der Waals surface area contributed by atoms with Crippen molar-refractivity contribution in [1.82, 2.24) is 10.6 Å². The zero-order chi connectivity index (χ0) is 25.7.